The smallest absolute Gasteiger partial charge is 0.321 e. The zero-order valence-electron chi connectivity index (χ0n) is 20.2. The van der Waals surface area contributed by atoms with Gasteiger partial charge in [0.25, 0.3) is 5.91 Å². The van der Waals surface area contributed by atoms with Crippen molar-refractivity contribution < 1.29 is 23.9 Å². The summed E-state index contributed by atoms with van der Waals surface area (Å²) in [6, 6.07) is 5.64. The molecule has 4 heterocycles. The summed E-state index contributed by atoms with van der Waals surface area (Å²) in [5, 5.41) is 8.62. The van der Waals surface area contributed by atoms with Crippen LogP contribution >= 0.6 is 27.3 Å². The number of thiazole rings is 1. The predicted octanol–water partition coefficient (Wildman–Crippen LogP) is 3.28. The van der Waals surface area contributed by atoms with Crippen molar-refractivity contribution in [2.45, 2.75) is 44.8 Å². The first kappa shape index (κ1) is 25.1. The van der Waals surface area contributed by atoms with Crippen LogP contribution in [0.4, 0.5) is 10.6 Å². The largest absolute Gasteiger partial charge is 0.497 e. The monoisotopic (exact) mass is 586 g/mol. The van der Waals surface area contributed by atoms with Crippen LogP contribution in [-0.4, -0.2) is 51.8 Å². The molecule has 2 aromatic heterocycles. The van der Waals surface area contributed by atoms with Crippen LogP contribution in [0.1, 0.15) is 47.7 Å². The second-order valence-corrected chi connectivity index (χ2v) is 11.2. The molecule has 0 spiro atoms. The van der Waals surface area contributed by atoms with Crippen molar-refractivity contribution in [1.82, 2.24) is 25.5 Å². The minimum absolute atomic E-state index is 0.118. The Morgan fingerprint density at radius 2 is 2.03 bits per heavy atom. The number of amides is 5. The minimum Gasteiger partial charge on any atom is -0.497 e. The predicted molar refractivity (Wildman–Crippen MR) is 139 cm³/mol. The Morgan fingerprint density at radius 3 is 2.76 bits per heavy atom. The van der Waals surface area contributed by atoms with Crippen molar-refractivity contribution in [2.75, 3.05) is 12.4 Å². The Labute approximate surface area is 224 Å². The van der Waals surface area contributed by atoms with Crippen LogP contribution in [0.5, 0.6) is 5.75 Å². The number of benzene rings is 1. The molecule has 2 aliphatic rings. The van der Waals surface area contributed by atoms with E-state index in [0.717, 1.165) is 14.7 Å². The van der Waals surface area contributed by atoms with E-state index in [1.165, 1.54) is 16.2 Å². The lowest BCUT2D eigenvalue weighted by Crippen LogP contribution is -2.52. The summed E-state index contributed by atoms with van der Waals surface area (Å²) >= 11 is 4.97. The molecular weight excluding hydrogens is 564 g/mol. The fraction of sp³-hybridized carbons (Fsp3) is 0.333. The zero-order valence-corrected chi connectivity index (χ0v) is 22.6. The average Bonchev–Trinajstić information content (AvgIpc) is 3.41. The quantitative estimate of drug-likeness (QED) is 0.389. The van der Waals surface area contributed by atoms with Gasteiger partial charge in [-0.05, 0) is 60.5 Å². The summed E-state index contributed by atoms with van der Waals surface area (Å²) < 4.78 is 7.04. The van der Waals surface area contributed by atoms with Gasteiger partial charge in [0.1, 0.15) is 22.6 Å². The molecule has 3 N–H and O–H groups in total. The van der Waals surface area contributed by atoms with E-state index in [2.05, 4.69) is 36.9 Å². The highest BCUT2D eigenvalue weighted by Crippen LogP contribution is 2.36. The lowest BCUT2D eigenvalue weighted by atomic mass is 10.0. The van der Waals surface area contributed by atoms with E-state index in [0.29, 0.717) is 22.0 Å². The molecule has 1 unspecified atom stereocenters. The van der Waals surface area contributed by atoms with Gasteiger partial charge in [-0.15, -0.1) is 11.3 Å². The maximum atomic E-state index is 12.9. The topological polar surface area (TPSA) is 143 Å². The van der Waals surface area contributed by atoms with Gasteiger partial charge >= 0.3 is 6.03 Å². The summed E-state index contributed by atoms with van der Waals surface area (Å²) in [5.74, 6) is -0.190. The second-order valence-electron chi connectivity index (χ2n) is 9.27. The van der Waals surface area contributed by atoms with Crippen LogP contribution in [0.15, 0.2) is 28.7 Å². The number of urea groups is 1. The molecule has 0 aliphatic carbocycles. The van der Waals surface area contributed by atoms with Crippen LogP contribution in [0.3, 0.4) is 0 Å². The van der Waals surface area contributed by atoms with E-state index in [1.54, 1.807) is 19.2 Å². The molecule has 5 rings (SSSR count). The van der Waals surface area contributed by atoms with Crippen LogP contribution in [0, 0.1) is 0 Å². The molecule has 1 saturated heterocycles. The number of piperidine rings is 1. The highest BCUT2D eigenvalue weighted by Gasteiger charge is 2.40. The van der Waals surface area contributed by atoms with E-state index < -0.39 is 23.5 Å². The lowest BCUT2D eigenvalue weighted by molar-refractivity contribution is -0.136. The molecule has 5 amide bonds. The van der Waals surface area contributed by atoms with E-state index in [4.69, 9.17) is 9.72 Å². The number of imide groups is 1. The van der Waals surface area contributed by atoms with Crippen LogP contribution in [0.2, 0.25) is 0 Å². The Balaban J connectivity index is 1.28. The second kappa shape index (κ2) is 9.38. The molecule has 1 atom stereocenters. The molecule has 2 aliphatic heterocycles. The Kier molecular flexibility index (Phi) is 6.36. The summed E-state index contributed by atoms with van der Waals surface area (Å²) in [5.41, 5.74) is 0.806. The number of nitrogens with zero attached hydrogens (tertiary/aromatic N) is 3. The third-order valence-corrected chi connectivity index (χ3v) is 8.16. The van der Waals surface area contributed by atoms with Gasteiger partial charge in [0.2, 0.25) is 11.8 Å². The van der Waals surface area contributed by atoms with Gasteiger partial charge in [-0.25, -0.2) is 14.8 Å². The van der Waals surface area contributed by atoms with Gasteiger partial charge in [0, 0.05) is 10.9 Å². The van der Waals surface area contributed by atoms with Gasteiger partial charge in [0.05, 0.1) is 40.7 Å². The molecule has 1 aromatic carbocycles. The summed E-state index contributed by atoms with van der Waals surface area (Å²) in [6.45, 7) is 3.82. The fourth-order valence-corrected chi connectivity index (χ4v) is 6.08. The van der Waals surface area contributed by atoms with Crippen molar-refractivity contribution >= 4 is 67.1 Å². The van der Waals surface area contributed by atoms with E-state index in [9.17, 15) is 19.2 Å². The molecule has 0 bridgehead atoms. The van der Waals surface area contributed by atoms with Crippen LogP contribution in [-0.2, 0) is 21.7 Å². The average molecular weight is 587 g/mol. The van der Waals surface area contributed by atoms with Crippen molar-refractivity contribution in [2.24, 2.45) is 0 Å². The maximum absolute atomic E-state index is 12.9. The molecule has 1 fully saturated rings. The maximum Gasteiger partial charge on any atom is 0.321 e. The number of aromatic nitrogens is 2. The minimum atomic E-state index is -0.796. The summed E-state index contributed by atoms with van der Waals surface area (Å²) in [7, 11) is 1.60. The normalized spacial score (nSPS) is 17.6. The molecule has 3 aromatic rings. The number of pyridine rings is 1. The Hall–Kier alpha value is -3.58. The van der Waals surface area contributed by atoms with E-state index >= 15 is 0 Å². The number of nitrogens with one attached hydrogen (secondary N) is 3. The molecule has 0 saturated carbocycles. The zero-order chi connectivity index (χ0) is 26.5. The van der Waals surface area contributed by atoms with E-state index in [-0.39, 0.29) is 37.0 Å². The number of rotatable bonds is 5. The van der Waals surface area contributed by atoms with Crippen LogP contribution < -0.4 is 20.7 Å². The highest BCUT2D eigenvalue weighted by atomic mass is 79.9. The molecular formula is C24H23BrN6O5S. The lowest BCUT2D eigenvalue weighted by Gasteiger charge is -2.29. The van der Waals surface area contributed by atoms with E-state index in [1.807, 2.05) is 26.0 Å². The number of ether oxygens (including phenoxy) is 1. The van der Waals surface area contributed by atoms with Crippen LogP contribution in [0.25, 0.3) is 10.2 Å². The van der Waals surface area contributed by atoms with Crippen molar-refractivity contribution in [3.05, 3.63) is 45.0 Å². The van der Waals surface area contributed by atoms with Gasteiger partial charge in [-0.3, -0.25) is 25.0 Å². The third kappa shape index (κ3) is 4.76. The number of carbonyl (C=O) groups excluding carboxylic acids is 4. The first-order chi connectivity index (χ1) is 17.6. The molecule has 192 valence electrons. The van der Waals surface area contributed by atoms with Crippen molar-refractivity contribution in [1.29, 1.82) is 0 Å². The number of methoxy groups -OCH3 is 1. The number of carbonyl (C=O) groups is 4. The number of hydrogen-bond acceptors (Lipinski definition) is 8. The number of halogens is 1. The Bertz CT molecular complexity index is 1470. The Morgan fingerprint density at radius 1 is 1.24 bits per heavy atom. The first-order valence-electron chi connectivity index (χ1n) is 11.4. The number of fused-ring (bicyclic) bond motifs is 2. The summed E-state index contributed by atoms with van der Waals surface area (Å²) in [6.07, 6.45) is 0.438. The number of anilines is 1. The number of hydrogen-bond donors (Lipinski definition) is 3. The first-order valence-corrected chi connectivity index (χ1v) is 13.0. The van der Waals surface area contributed by atoms with Gasteiger partial charge in [-0.2, -0.15) is 0 Å². The molecule has 37 heavy (non-hydrogen) atoms. The summed E-state index contributed by atoms with van der Waals surface area (Å²) in [4.78, 5) is 59.9. The van der Waals surface area contributed by atoms with Crippen molar-refractivity contribution in [3.63, 3.8) is 0 Å². The SMILES string of the molecule is COc1cc(Br)c2nc(C(C)(C)NC(=O)Nc3ccc4c(n3)CN(C3CCC(=O)NC3=O)C4=O)sc2c1. The van der Waals surface area contributed by atoms with Gasteiger partial charge in [0.15, 0.2) is 0 Å². The van der Waals surface area contributed by atoms with Crippen molar-refractivity contribution in [3.8, 4) is 5.75 Å². The van der Waals surface area contributed by atoms with Gasteiger partial charge < -0.3 is 15.0 Å². The fourth-order valence-electron chi connectivity index (χ4n) is 4.34. The molecule has 13 heteroatoms. The highest BCUT2D eigenvalue weighted by molar-refractivity contribution is 9.10. The third-order valence-electron chi connectivity index (χ3n) is 6.23. The molecule has 0 radical (unpaired) electrons. The standard InChI is InChI=1S/C24H23BrN6O5S/c1-24(2,22-29-19-13(25)8-11(36-3)9-16(19)37-22)30-23(35)27-17-6-4-12-14(26-17)10-31(21(12)34)15-5-7-18(32)28-20(15)33/h4,6,8-9,15H,5,7,10H2,1-3H3,(H,28,32,33)(H2,26,27,30,35). The van der Waals surface area contributed by atoms with Gasteiger partial charge in [-0.1, -0.05) is 0 Å². The molecule has 11 nitrogen and oxygen atoms in total.